The number of rotatable bonds is 2. The van der Waals surface area contributed by atoms with E-state index in [1.807, 2.05) is 0 Å². The summed E-state index contributed by atoms with van der Waals surface area (Å²) in [6.07, 6.45) is 2.59. The molecular formula is C14H20BrOSi. The minimum absolute atomic E-state index is 0.305. The molecule has 1 nitrogen and oxygen atoms in total. The van der Waals surface area contributed by atoms with Gasteiger partial charge in [-0.05, 0) is 41.6 Å². The third-order valence-corrected chi connectivity index (χ3v) is 7.03. The molecule has 0 fully saturated rings. The zero-order valence-electron chi connectivity index (χ0n) is 11.0. The standard InChI is InChI=1S/C14H20BrOSi/c1-14(2,3)17(4)16-13-9-8-10-11(13)6-5-7-12(10)15/h5-7,13H,8-9H2,1-4H3. The Hall–Kier alpha value is -0.123. The second-order valence-corrected chi connectivity index (χ2v) is 9.46. The van der Waals surface area contributed by atoms with E-state index in [4.69, 9.17) is 4.43 Å². The summed E-state index contributed by atoms with van der Waals surface area (Å²) in [5, 5.41) is 0.305. The monoisotopic (exact) mass is 311 g/mol. The Balaban J connectivity index is 2.15. The molecule has 1 aromatic rings. The van der Waals surface area contributed by atoms with Crippen LogP contribution in [0, 0.1) is 0 Å². The second kappa shape index (κ2) is 4.86. The van der Waals surface area contributed by atoms with Crippen LogP contribution < -0.4 is 0 Å². The van der Waals surface area contributed by atoms with Crippen molar-refractivity contribution < 1.29 is 4.43 Å². The molecular weight excluding hydrogens is 292 g/mol. The highest BCUT2D eigenvalue weighted by Gasteiger charge is 2.31. The van der Waals surface area contributed by atoms with Gasteiger partial charge in [-0.15, -0.1) is 0 Å². The maximum Gasteiger partial charge on any atom is 0.214 e. The van der Waals surface area contributed by atoms with Gasteiger partial charge in [0.05, 0.1) is 6.10 Å². The Labute approximate surface area is 114 Å². The van der Waals surface area contributed by atoms with Gasteiger partial charge in [-0.1, -0.05) is 48.8 Å². The highest BCUT2D eigenvalue weighted by Crippen LogP contribution is 2.40. The van der Waals surface area contributed by atoms with Gasteiger partial charge in [0.15, 0.2) is 0 Å². The highest BCUT2D eigenvalue weighted by atomic mass is 79.9. The Morgan fingerprint density at radius 3 is 2.71 bits per heavy atom. The molecule has 0 saturated carbocycles. The van der Waals surface area contributed by atoms with Gasteiger partial charge in [0.2, 0.25) is 9.04 Å². The van der Waals surface area contributed by atoms with E-state index in [0.29, 0.717) is 11.1 Å². The summed E-state index contributed by atoms with van der Waals surface area (Å²) in [4.78, 5) is 0. The van der Waals surface area contributed by atoms with Crippen LogP contribution in [0.3, 0.4) is 0 Å². The molecule has 0 spiro atoms. The molecule has 0 amide bonds. The Bertz CT molecular complexity index is 411. The molecule has 0 aromatic heterocycles. The largest absolute Gasteiger partial charge is 0.409 e. The fourth-order valence-corrected chi connectivity index (χ4v) is 3.69. The molecule has 0 N–H and O–H groups in total. The molecule has 93 valence electrons. The summed E-state index contributed by atoms with van der Waals surface area (Å²) < 4.78 is 7.58. The molecule has 17 heavy (non-hydrogen) atoms. The minimum atomic E-state index is -0.758. The highest BCUT2D eigenvalue weighted by molar-refractivity contribution is 9.10. The van der Waals surface area contributed by atoms with Gasteiger partial charge in [0.1, 0.15) is 0 Å². The summed E-state index contributed by atoms with van der Waals surface area (Å²) in [6.45, 7) is 9.11. The van der Waals surface area contributed by atoms with Crippen molar-refractivity contribution in [2.24, 2.45) is 0 Å². The maximum atomic E-state index is 6.34. The van der Waals surface area contributed by atoms with Crippen LogP contribution in [0.15, 0.2) is 22.7 Å². The van der Waals surface area contributed by atoms with Crippen molar-refractivity contribution in [3.63, 3.8) is 0 Å². The van der Waals surface area contributed by atoms with Crippen LogP contribution in [-0.2, 0) is 10.8 Å². The molecule has 0 saturated heterocycles. The van der Waals surface area contributed by atoms with Gasteiger partial charge < -0.3 is 4.43 Å². The van der Waals surface area contributed by atoms with E-state index < -0.39 is 9.04 Å². The van der Waals surface area contributed by atoms with Gasteiger partial charge in [-0.25, -0.2) is 0 Å². The number of fused-ring (bicyclic) bond motifs is 1. The SMILES string of the molecule is C[Si](OC1CCc2c(Br)cccc21)C(C)(C)C. The third kappa shape index (κ3) is 2.83. The van der Waals surface area contributed by atoms with Crippen molar-refractivity contribution in [2.45, 2.75) is 51.3 Å². The molecule has 1 radical (unpaired) electrons. The van der Waals surface area contributed by atoms with Gasteiger partial charge >= 0.3 is 0 Å². The minimum Gasteiger partial charge on any atom is -0.409 e. The first kappa shape index (κ1) is 13.3. The van der Waals surface area contributed by atoms with Crippen LogP contribution in [0.1, 0.15) is 44.4 Å². The molecule has 0 bridgehead atoms. The first-order chi connectivity index (χ1) is 7.89. The number of benzene rings is 1. The summed E-state index contributed by atoms with van der Waals surface area (Å²) >= 11 is 3.63. The molecule has 3 heteroatoms. The summed E-state index contributed by atoms with van der Waals surface area (Å²) in [5.74, 6) is 0. The predicted octanol–water partition coefficient (Wildman–Crippen LogP) is 4.87. The lowest BCUT2D eigenvalue weighted by Crippen LogP contribution is -2.27. The first-order valence-corrected chi connectivity index (χ1v) is 8.87. The van der Waals surface area contributed by atoms with Crippen molar-refractivity contribution in [2.75, 3.05) is 0 Å². The fourth-order valence-electron chi connectivity index (χ4n) is 2.08. The topological polar surface area (TPSA) is 9.23 Å². The van der Waals surface area contributed by atoms with E-state index in [-0.39, 0.29) is 0 Å². The quantitative estimate of drug-likeness (QED) is 0.708. The first-order valence-electron chi connectivity index (χ1n) is 6.17. The third-order valence-electron chi connectivity index (χ3n) is 3.53. The molecule has 1 atom stereocenters. The molecule has 1 aliphatic carbocycles. The predicted molar refractivity (Wildman–Crippen MR) is 77.6 cm³/mol. The fraction of sp³-hybridized carbons (Fsp3) is 0.571. The van der Waals surface area contributed by atoms with Gasteiger partial charge in [0, 0.05) is 4.47 Å². The van der Waals surface area contributed by atoms with Crippen molar-refractivity contribution in [1.29, 1.82) is 0 Å². The molecule has 1 aliphatic rings. The molecule has 0 aliphatic heterocycles. The van der Waals surface area contributed by atoms with E-state index >= 15 is 0 Å². The van der Waals surface area contributed by atoms with E-state index in [1.54, 1.807) is 0 Å². The lowest BCUT2D eigenvalue weighted by Gasteiger charge is -2.28. The lowest BCUT2D eigenvalue weighted by atomic mass is 10.1. The van der Waals surface area contributed by atoms with Gasteiger partial charge in [-0.2, -0.15) is 0 Å². The Morgan fingerprint density at radius 1 is 1.35 bits per heavy atom. The van der Waals surface area contributed by atoms with E-state index in [9.17, 15) is 0 Å². The zero-order valence-corrected chi connectivity index (χ0v) is 13.6. The number of halogens is 1. The van der Waals surface area contributed by atoms with Crippen LogP contribution in [0.5, 0.6) is 0 Å². The summed E-state index contributed by atoms with van der Waals surface area (Å²) in [6, 6.07) is 6.46. The second-order valence-electron chi connectivity index (χ2n) is 5.76. The van der Waals surface area contributed by atoms with Crippen LogP contribution >= 0.6 is 15.9 Å². The summed E-state index contributed by atoms with van der Waals surface area (Å²) in [5.41, 5.74) is 2.84. The summed E-state index contributed by atoms with van der Waals surface area (Å²) in [7, 11) is -0.758. The van der Waals surface area contributed by atoms with Crippen LogP contribution in [-0.4, -0.2) is 9.04 Å². The van der Waals surface area contributed by atoms with Crippen LogP contribution in [0.25, 0.3) is 0 Å². The normalized spacial score (nSPS) is 19.8. The molecule has 2 rings (SSSR count). The molecule has 1 aromatic carbocycles. The van der Waals surface area contributed by atoms with Gasteiger partial charge in [0.25, 0.3) is 0 Å². The van der Waals surface area contributed by atoms with Crippen molar-refractivity contribution in [3.05, 3.63) is 33.8 Å². The smallest absolute Gasteiger partial charge is 0.214 e. The Morgan fingerprint density at radius 2 is 2.06 bits per heavy atom. The molecule has 0 heterocycles. The van der Waals surface area contributed by atoms with Crippen molar-refractivity contribution in [3.8, 4) is 0 Å². The van der Waals surface area contributed by atoms with E-state index in [2.05, 4.69) is 61.4 Å². The maximum absolute atomic E-state index is 6.34. The lowest BCUT2D eigenvalue weighted by molar-refractivity contribution is 0.198. The zero-order chi connectivity index (χ0) is 12.6. The Kier molecular flexibility index (Phi) is 3.81. The average Bonchev–Trinajstić information content (AvgIpc) is 2.62. The van der Waals surface area contributed by atoms with Crippen molar-refractivity contribution >= 4 is 25.0 Å². The van der Waals surface area contributed by atoms with E-state index in [1.165, 1.54) is 15.6 Å². The van der Waals surface area contributed by atoms with Gasteiger partial charge in [-0.3, -0.25) is 0 Å². The number of hydrogen-bond donors (Lipinski definition) is 0. The van der Waals surface area contributed by atoms with Crippen molar-refractivity contribution in [1.82, 2.24) is 0 Å². The van der Waals surface area contributed by atoms with Crippen LogP contribution in [0.4, 0.5) is 0 Å². The van der Waals surface area contributed by atoms with Crippen LogP contribution in [0.2, 0.25) is 11.6 Å². The molecule has 1 unspecified atom stereocenters. The average molecular weight is 312 g/mol. The van der Waals surface area contributed by atoms with E-state index in [0.717, 1.165) is 12.8 Å². The number of hydrogen-bond acceptors (Lipinski definition) is 1.